The summed E-state index contributed by atoms with van der Waals surface area (Å²) in [7, 11) is 0. The van der Waals surface area contributed by atoms with Crippen molar-refractivity contribution in [2.45, 2.75) is 19.0 Å². The van der Waals surface area contributed by atoms with E-state index >= 15 is 0 Å². The van der Waals surface area contributed by atoms with Crippen molar-refractivity contribution in [3.05, 3.63) is 24.0 Å². The molecule has 0 bridgehead atoms. The molecule has 0 atom stereocenters. The second-order valence-electron chi connectivity index (χ2n) is 4.38. The van der Waals surface area contributed by atoms with Crippen molar-refractivity contribution in [3.8, 4) is 5.75 Å². The van der Waals surface area contributed by atoms with Crippen LogP contribution in [0.15, 0.2) is 18.3 Å². The van der Waals surface area contributed by atoms with Gasteiger partial charge in [0, 0.05) is 0 Å². The van der Waals surface area contributed by atoms with E-state index in [1.165, 1.54) is 6.07 Å². The maximum absolute atomic E-state index is 12.3. The Labute approximate surface area is 116 Å². The highest BCUT2D eigenvalue weighted by Gasteiger charge is 2.32. The van der Waals surface area contributed by atoms with Gasteiger partial charge in [0.05, 0.1) is 12.8 Å². The number of rotatable bonds is 3. The normalized spacial score (nSPS) is 16.8. The predicted octanol–water partition coefficient (Wildman–Crippen LogP) is 2.90. The minimum absolute atomic E-state index is 0. The van der Waals surface area contributed by atoms with E-state index in [9.17, 15) is 13.2 Å². The van der Waals surface area contributed by atoms with Gasteiger partial charge in [-0.2, -0.15) is 13.2 Å². The van der Waals surface area contributed by atoms with Crippen LogP contribution in [0.5, 0.6) is 5.75 Å². The fourth-order valence-electron chi connectivity index (χ4n) is 1.90. The molecule has 0 spiro atoms. The molecule has 1 aliphatic rings. The largest absolute Gasteiger partial charge is 0.492 e. The Morgan fingerprint density at radius 2 is 1.95 bits per heavy atom. The minimum Gasteiger partial charge on any atom is -0.492 e. The third kappa shape index (κ3) is 4.87. The Balaban J connectivity index is 0.00000180. The SMILES string of the molecule is Cl.FC(F)(F)c1ccc(OCC2CCNCC2)cn1. The molecule has 2 rings (SSSR count). The summed E-state index contributed by atoms with van der Waals surface area (Å²) in [5.41, 5.74) is -0.892. The molecule has 0 saturated carbocycles. The van der Waals surface area contributed by atoms with Crippen LogP contribution in [0.4, 0.5) is 13.2 Å². The lowest BCUT2D eigenvalue weighted by molar-refractivity contribution is -0.141. The summed E-state index contributed by atoms with van der Waals surface area (Å²) in [4.78, 5) is 3.35. The average molecular weight is 297 g/mol. The lowest BCUT2D eigenvalue weighted by Gasteiger charge is -2.22. The number of aromatic nitrogens is 1. The lowest BCUT2D eigenvalue weighted by Crippen LogP contribution is -2.30. The van der Waals surface area contributed by atoms with Gasteiger partial charge in [-0.15, -0.1) is 12.4 Å². The molecule has 0 aromatic carbocycles. The molecule has 1 fully saturated rings. The standard InChI is InChI=1S/C12H15F3N2O.ClH/c13-12(14,15)11-2-1-10(7-17-11)18-8-9-3-5-16-6-4-9;/h1-2,7,9,16H,3-6,8H2;1H. The third-order valence-corrected chi connectivity index (χ3v) is 2.97. The van der Waals surface area contributed by atoms with Gasteiger partial charge in [0.2, 0.25) is 0 Å². The number of alkyl halides is 3. The van der Waals surface area contributed by atoms with Crippen LogP contribution in [0.3, 0.4) is 0 Å². The van der Waals surface area contributed by atoms with E-state index in [0.29, 0.717) is 18.3 Å². The first-order valence-corrected chi connectivity index (χ1v) is 5.92. The van der Waals surface area contributed by atoms with Gasteiger partial charge in [-0.25, -0.2) is 4.98 Å². The first-order valence-electron chi connectivity index (χ1n) is 5.92. The van der Waals surface area contributed by atoms with E-state index in [-0.39, 0.29) is 12.4 Å². The Morgan fingerprint density at radius 1 is 1.26 bits per heavy atom. The zero-order chi connectivity index (χ0) is 13.0. The van der Waals surface area contributed by atoms with Crippen LogP contribution in [-0.2, 0) is 6.18 Å². The van der Waals surface area contributed by atoms with Gasteiger partial charge in [-0.3, -0.25) is 0 Å². The Bertz CT molecular complexity index is 378. The van der Waals surface area contributed by atoms with Gasteiger partial charge in [-0.05, 0) is 44.0 Å². The molecule has 1 aromatic rings. The van der Waals surface area contributed by atoms with Crippen LogP contribution in [0.2, 0.25) is 0 Å². The summed E-state index contributed by atoms with van der Waals surface area (Å²) in [6, 6.07) is 2.26. The number of pyridine rings is 1. The van der Waals surface area contributed by atoms with Crippen LogP contribution < -0.4 is 10.1 Å². The number of piperidine rings is 1. The molecule has 2 heterocycles. The molecule has 108 valence electrons. The Hall–Kier alpha value is -1.01. The van der Waals surface area contributed by atoms with Crippen LogP contribution in [0.25, 0.3) is 0 Å². The highest BCUT2D eigenvalue weighted by atomic mass is 35.5. The first-order chi connectivity index (χ1) is 8.55. The molecule has 0 amide bonds. The highest BCUT2D eigenvalue weighted by molar-refractivity contribution is 5.85. The summed E-state index contributed by atoms with van der Waals surface area (Å²) in [6.07, 6.45) is -1.19. The number of hydrogen-bond donors (Lipinski definition) is 1. The summed E-state index contributed by atoms with van der Waals surface area (Å²) >= 11 is 0. The van der Waals surface area contributed by atoms with Crippen molar-refractivity contribution in [3.63, 3.8) is 0 Å². The molecule has 19 heavy (non-hydrogen) atoms. The number of nitrogens with zero attached hydrogens (tertiary/aromatic N) is 1. The van der Waals surface area contributed by atoms with E-state index in [0.717, 1.165) is 38.2 Å². The van der Waals surface area contributed by atoms with Gasteiger partial charge in [0.15, 0.2) is 0 Å². The van der Waals surface area contributed by atoms with Crippen LogP contribution in [0, 0.1) is 5.92 Å². The second kappa shape index (κ2) is 6.96. The van der Waals surface area contributed by atoms with Crippen molar-refractivity contribution in [2.75, 3.05) is 19.7 Å². The maximum atomic E-state index is 12.3. The van der Waals surface area contributed by atoms with Gasteiger partial charge < -0.3 is 10.1 Å². The Morgan fingerprint density at radius 3 is 2.47 bits per heavy atom. The second-order valence-corrected chi connectivity index (χ2v) is 4.38. The quantitative estimate of drug-likeness (QED) is 0.931. The molecular formula is C12H16ClF3N2O. The predicted molar refractivity (Wildman–Crippen MR) is 67.6 cm³/mol. The highest BCUT2D eigenvalue weighted by Crippen LogP contribution is 2.28. The van der Waals surface area contributed by atoms with Crippen molar-refractivity contribution in [2.24, 2.45) is 5.92 Å². The number of hydrogen-bond acceptors (Lipinski definition) is 3. The molecule has 0 unspecified atom stereocenters. The smallest absolute Gasteiger partial charge is 0.433 e. The average Bonchev–Trinajstić information content (AvgIpc) is 2.37. The van der Waals surface area contributed by atoms with Crippen molar-refractivity contribution in [1.29, 1.82) is 0 Å². The zero-order valence-corrected chi connectivity index (χ0v) is 11.1. The van der Waals surface area contributed by atoms with E-state index in [1.807, 2.05) is 0 Å². The van der Waals surface area contributed by atoms with Crippen molar-refractivity contribution in [1.82, 2.24) is 10.3 Å². The molecular weight excluding hydrogens is 281 g/mol. The van der Waals surface area contributed by atoms with Gasteiger partial charge in [0.25, 0.3) is 0 Å². The number of ether oxygens (including phenoxy) is 1. The summed E-state index contributed by atoms with van der Waals surface area (Å²) < 4.78 is 42.3. The molecule has 7 heteroatoms. The fourth-order valence-corrected chi connectivity index (χ4v) is 1.90. The van der Waals surface area contributed by atoms with Gasteiger partial charge in [-0.1, -0.05) is 0 Å². The zero-order valence-electron chi connectivity index (χ0n) is 10.2. The molecule has 1 N–H and O–H groups in total. The maximum Gasteiger partial charge on any atom is 0.433 e. The molecule has 1 aliphatic heterocycles. The molecule has 0 radical (unpaired) electrons. The number of nitrogens with one attached hydrogen (secondary N) is 1. The molecule has 1 aromatic heterocycles. The summed E-state index contributed by atoms with van der Waals surface area (Å²) in [6.45, 7) is 2.48. The third-order valence-electron chi connectivity index (χ3n) is 2.97. The molecule has 3 nitrogen and oxygen atoms in total. The van der Waals surface area contributed by atoms with Crippen LogP contribution >= 0.6 is 12.4 Å². The van der Waals surface area contributed by atoms with Crippen molar-refractivity contribution >= 4 is 12.4 Å². The first kappa shape index (κ1) is 16.0. The molecule has 1 saturated heterocycles. The topological polar surface area (TPSA) is 34.1 Å². The summed E-state index contributed by atoms with van der Waals surface area (Å²) in [5.74, 6) is 0.857. The number of halogens is 4. The van der Waals surface area contributed by atoms with E-state index in [1.54, 1.807) is 0 Å². The Kier molecular flexibility index (Phi) is 5.87. The van der Waals surface area contributed by atoms with Crippen LogP contribution in [0.1, 0.15) is 18.5 Å². The van der Waals surface area contributed by atoms with Gasteiger partial charge >= 0.3 is 6.18 Å². The van der Waals surface area contributed by atoms with Crippen LogP contribution in [-0.4, -0.2) is 24.7 Å². The van der Waals surface area contributed by atoms with Crippen molar-refractivity contribution < 1.29 is 17.9 Å². The summed E-state index contributed by atoms with van der Waals surface area (Å²) in [5, 5.41) is 3.24. The monoisotopic (exact) mass is 296 g/mol. The van der Waals surface area contributed by atoms with E-state index < -0.39 is 11.9 Å². The van der Waals surface area contributed by atoms with Gasteiger partial charge in [0.1, 0.15) is 11.4 Å². The fraction of sp³-hybridized carbons (Fsp3) is 0.583. The van der Waals surface area contributed by atoms with E-state index in [4.69, 9.17) is 4.74 Å². The minimum atomic E-state index is -4.40. The van der Waals surface area contributed by atoms with E-state index in [2.05, 4.69) is 10.3 Å². The lowest BCUT2D eigenvalue weighted by atomic mass is 9.99. The molecule has 0 aliphatic carbocycles.